The third-order valence-electron chi connectivity index (χ3n) is 2.70. The minimum atomic E-state index is -0.319. The Bertz CT molecular complexity index is 559. The third-order valence-corrected chi connectivity index (χ3v) is 3.31. The monoisotopic (exact) mass is 269 g/mol. The smallest absolute Gasteiger partial charge is 0.152 e. The second kappa shape index (κ2) is 3.45. The van der Waals surface area contributed by atoms with Gasteiger partial charge in [-0.2, -0.15) is 0 Å². The lowest BCUT2D eigenvalue weighted by Crippen LogP contribution is -1.91. The van der Waals surface area contributed by atoms with E-state index in [1.165, 1.54) is 6.07 Å². The summed E-state index contributed by atoms with van der Waals surface area (Å²) in [6.45, 7) is 1.84. The maximum atomic E-state index is 13.3. The molecule has 0 N–H and O–H groups in total. The maximum Gasteiger partial charge on any atom is 0.152 e. The number of aldehydes is 1. The zero-order chi connectivity index (χ0) is 11.2. The van der Waals surface area contributed by atoms with Crippen molar-refractivity contribution in [1.29, 1.82) is 0 Å². The van der Waals surface area contributed by atoms with E-state index < -0.39 is 0 Å². The summed E-state index contributed by atoms with van der Waals surface area (Å²) in [6.07, 6.45) is 0.808. The molecule has 0 amide bonds. The van der Waals surface area contributed by atoms with E-state index in [1.807, 2.05) is 18.5 Å². The predicted octanol–water partition coefficient (Wildman–Crippen LogP) is 3.20. The molecule has 0 saturated carbocycles. The highest BCUT2D eigenvalue weighted by atomic mass is 79.9. The molecule has 0 aliphatic carbocycles. The first kappa shape index (κ1) is 10.4. The van der Waals surface area contributed by atoms with Crippen molar-refractivity contribution in [1.82, 2.24) is 4.57 Å². The van der Waals surface area contributed by atoms with Crippen molar-refractivity contribution in [3.05, 3.63) is 33.7 Å². The molecule has 1 aromatic heterocycles. The van der Waals surface area contributed by atoms with Crippen LogP contribution in [0.15, 0.2) is 16.6 Å². The van der Waals surface area contributed by atoms with Gasteiger partial charge >= 0.3 is 0 Å². The quantitative estimate of drug-likeness (QED) is 0.729. The van der Waals surface area contributed by atoms with Gasteiger partial charge in [-0.3, -0.25) is 4.79 Å². The van der Waals surface area contributed by atoms with Crippen LogP contribution in [0.3, 0.4) is 0 Å². The first-order chi connectivity index (χ1) is 7.06. The zero-order valence-corrected chi connectivity index (χ0v) is 9.93. The van der Waals surface area contributed by atoms with Crippen LogP contribution >= 0.6 is 15.9 Å². The summed E-state index contributed by atoms with van der Waals surface area (Å²) in [5.74, 6) is -0.319. The van der Waals surface area contributed by atoms with E-state index in [0.717, 1.165) is 22.9 Å². The van der Waals surface area contributed by atoms with Crippen molar-refractivity contribution in [3.63, 3.8) is 0 Å². The summed E-state index contributed by atoms with van der Waals surface area (Å²) in [6, 6.07) is 3.07. The van der Waals surface area contributed by atoms with Gasteiger partial charge in [-0.25, -0.2) is 4.39 Å². The minimum absolute atomic E-state index is 0.319. The van der Waals surface area contributed by atoms with Gasteiger partial charge in [-0.05, 0) is 35.0 Å². The minimum Gasteiger partial charge on any atom is -0.347 e. The molecule has 0 bridgehead atoms. The van der Waals surface area contributed by atoms with Gasteiger partial charge in [0.25, 0.3) is 0 Å². The highest BCUT2D eigenvalue weighted by Gasteiger charge is 2.13. The SMILES string of the molecule is Cc1c(C=O)c2cc(Br)c(F)cc2n1C. The van der Waals surface area contributed by atoms with Crippen LogP contribution in [0.1, 0.15) is 16.1 Å². The lowest BCUT2D eigenvalue weighted by molar-refractivity contribution is 0.112. The molecule has 0 atom stereocenters. The average molecular weight is 270 g/mol. The van der Waals surface area contributed by atoms with Crippen LogP contribution in [0.4, 0.5) is 4.39 Å². The Morgan fingerprint density at radius 1 is 1.47 bits per heavy atom. The molecule has 2 aromatic rings. The molecule has 0 fully saturated rings. The Balaban J connectivity index is 2.97. The number of carbonyl (C=O) groups is 1. The van der Waals surface area contributed by atoms with E-state index in [9.17, 15) is 9.18 Å². The number of hydrogen-bond acceptors (Lipinski definition) is 1. The molecular weight excluding hydrogens is 261 g/mol. The summed E-state index contributed by atoms with van der Waals surface area (Å²) >= 11 is 3.11. The number of nitrogens with zero attached hydrogens (tertiary/aromatic N) is 1. The first-order valence-electron chi connectivity index (χ1n) is 4.45. The molecule has 0 aliphatic heterocycles. The highest BCUT2D eigenvalue weighted by molar-refractivity contribution is 9.10. The number of aromatic nitrogens is 1. The molecule has 0 unspecified atom stereocenters. The average Bonchev–Trinajstić information content (AvgIpc) is 2.42. The zero-order valence-electron chi connectivity index (χ0n) is 8.34. The molecule has 0 saturated heterocycles. The van der Waals surface area contributed by atoms with Gasteiger partial charge in [0, 0.05) is 23.7 Å². The van der Waals surface area contributed by atoms with E-state index >= 15 is 0 Å². The van der Waals surface area contributed by atoms with Crippen LogP contribution in [0.25, 0.3) is 10.9 Å². The van der Waals surface area contributed by atoms with Crippen LogP contribution in [0, 0.1) is 12.7 Å². The van der Waals surface area contributed by atoms with Gasteiger partial charge in [-0.1, -0.05) is 0 Å². The van der Waals surface area contributed by atoms with Gasteiger partial charge in [0.1, 0.15) is 5.82 Å². The van der Waals surface area contributed by atoms with Gasteiger partial charge < -0.3 is 4.57 Å². The van der Waals surface area contributed by atoms with E-state index in [-0.39, 0.29) is 5.82 Å². The number of benzene rings is 1. The van der Waals surface area contributed by atoms with Crippen LogP contribution < -0.4 is 0 Å². The van der Waals surface area contributed by atoms with Crippen molar-refractivity contribution in [3.8, 4) is 0 Å². The van der Waals surface area contributed by atoms with E-state index in [4.69, 9.17) is 0 Å². The molecule has 4 heteroatoms. The topological polar surface area (TPSA) is 22.0 Å². The highest BCUT2D eigenvalue weighted by Crippen LogP contribution is 2.28. The molecule has 2 nitrogen and oxygen atoms in total. The van der Waals surface area contributed by atoms with Crippen LogP contribution in [0.5, 0.6) is 0 Å². The Morgan fingerprint density at radius 2 is 2.13 bits per heavy atom. The van der Waals surface area contributed by atoms with Crippen LogP contribution in [-0.2, 0) is 7.05 Å². The molecule has 2 rings (SSSR count). The Kier molecular flexibility index (Phi) is 2.38. The van der Waals surface area contributed by atoms with Crippen molar-refractivity contribution in [2.75, 3.05) is 0 Å². The lowest BCUT2D eigenvalue weighted by Gasteiger charge is -1.99. The van der Waals surface area contributed by atoms with E-state index in [0.29, 0.717) is 10.0 Å². The summed E-state index contributed by atoms with van der Waals surface area (Å²) in [5, 5.41) is 0.776. The lowest BCUT2D eigenvalue weighted by atomic mass is 10.1. The summed E-state index contributed by atoms with van der Waals surface area (Å²) < 4.78 is 15.5. The largest absolute Gasteiger partial charge is 0.347 e. The summed E-state index contributed by atoms with van der Waals surface area (Å²) in [7, 11) is 1.82. The third kappa shape index (κ3) is 1.40. The first-order valence-corrected chi connectivity index (χ1v) is 5.24. The Morgan fingerprint density at radius 3 is 2.73 bits per heavy atom. The van der Waals surface area contributed by atoms with Crippen molar-refractivity contribution in [2.45, 2.75) is 6.92 Å². The molecule has 0 aliphatic rings. The molecular formula is C11H9BrFNO. The molecule has 1 aromatic carbocycles. The van der Waals surface area contributed by atoms with E-state index in [2.05, 4.69) is 15.9 Å². The molecule has 15 heavy (non-hydrogen) atoms. The summed E-state index contributed by atoms with van der Waals surface area (Å²) in [5.41, 5.74) is 2.20. The normalized spacial score (nSPS) is 10.9. The van der Waals surface area contributed by atoms with Crippen LogP contribution in [-0.4, -0.2) is 10.9 Å². The van der Waals surface area contributed by atoms with E-state index in [1.54, 1.807) is 6.07 Å². The number of aryl methyl sites for hydroxylation is 1. The fourth-order valence-corrected chi connectivity index (χ4v) is 2.08. The molecule has 78 valence electrons. The summed E-state index contributed by atoms with van der Waals surface area (Å²) in [4.78, 5) is 10.9. The predicted molar refractivity (Wildman–Crippen MR) is 60.7 cm³/mol. The number of rotatable bonds is 1. The fourth-order valence-electron chi connectivity index (χ4n) is 1.73. The fraction of sp³-hybridized carbons (Fsp3) is 0.182. The van der Waals surface area contributed by atoms with Crippen LogP contribution in [0.2, 0.25) is 0 Å². The number of hydrogen-bond donors (Lipinski definition) is 0. The Labute approximate surface area is 94.8 Å². The van der Waals surface area contributed by atoms with Gasteiger partial charge in [-0.15, -0.1) is 0 Å². The van der Waals surface area contributed by atoms with Crippen molar-refractivity contribution in [2.24, 2.45) is 7.05 Å². The number of carbonyl (C=O) groups excluding carboxylic acids is 1. The Hall–Kier alpha value is -1.16. The standard InChI is InChI=1S/C11H9BrFNO/c1-6-8(5-15)7-3-9(12)10(13)4-11(7)14(6)2/h3-5H,1-2H3. The maximum absolute atomic E-state index is 13.3. The molecule has 0 spiro atoms. The van der Waals surface area contributed by atoms with Crippen molar-refractivity contribution < 1.29 is 9.18 Å². The second-order valence-electron chi connectivity index (χ2n) is 3.46. The van der Waals surface area contributed by atoms with Crippen molar-refractivity contribution >= 4 is 33.1 Å². The number of halogens is 2. The number of fused-ring (bicyclic) bond motifs is 1. The van der Waals surface area contributed by atoms with Gasteiger partial charge in [0.2, 0.25) is 0 Å². The molecule has 1 heterocycles. The second-order valence-corrected chi connectivity index (χ2v) is 4.31. The van der Waals surface area contributed by atoms with Gasteiger partial charge in [0.15, 0.2) is 6.29 Å². The van der Waals surface area contributed by atoms with Gasteiger partial charge in [0.05, 0.1) is 9.99 Å². The molecule has 0 radical (unpaired) electrons.